The first-order chi connectivity index (χ1) is 9.41. The summed E-state index contributed by atoms with van der Waals surface area (Å²) in [5.74, 6) is -0.638. The number of amides is 1. The van der Waals surface area contributed by atoms with Crippen LogP contribution in [0.2, 0.25) is 0 Å². The minimum Gasteiger partial charge on any atom is -0.438 e. The summed E-state index contributed by atoms with van der Waals surface area (Å²) in [6.07, 6.45) is 0.761. The number of sulfonamides is 1. The number of para-hydroxylation sites is 1. The van der Waals surface area contributed by atoms with E-state index in [1.165, 1.54) is 6.07 Å². The third-order valence-corrected chi connectivity index (χ3v) is 3.51. The van der Waals surface area contributed by atoms with Crippen molar-refractivity contribution in [2.24, 2.45) is 5.14 Å². The SMILES string of the molecule is CCc1ccccc1NC(=O)c1ccc(S(N)(=O)=O)o1. The smallest absolute Gasteiger partial charge is 0.291 e. The molecule has 2 rings (SSSR count). The summed E-state index contributed by atoms with van der Waals surface area (Å²) in [6.45, 7) is 1.97. The molecule has 0 fully saturated rings. The molecule has 6 nitrogen and oxygen atoms in total. The van der Waals surface area contributed by atoms with Crippen molar-refractivity contribution >= 4 is 21.6 Å². The van der Waals surface area contributed by atoms with Gasteiger partial charge in [-0.1, -0.05) is 25.1 Å². The molecule has 0 saturated carbocycles. The highest BCUT2D eigenvalue weighted by atomic mass is 32.2. The predicted octanol–water partition coefficient (Wildman–Crippen LogP) is 1.74. The Morgan fingerprint density at radius 2 is 1.95 bits per heavy atom. The standard InChI is InChI=1S/C13H14N2O4S/c1-2-9-5-3-4-6-10(9)15-13(16)11-7-8-12(19-11)20(14,17)18/h3-8H,2H2,1H3,(H,15,16)(H2,14,17,18). The van der Waals surface area contributed by atoms with Gasteiger partial charge in [0.15, 0.2) is 5.76 Å². The van der Waals surface area contributed by atoms with Gasteiger partial charge in [-0.25, -0.2) is 13.6 Å². The molecule has 106 valence electrons. The molecule has 1 heterocycles. The molecule has 7 heteroatoms. The van der Waals surface area contributed by atoms with Crippen molar-refractivity contribution in [2.75, 3.05) is 5.32 Å². The van der Waals surface area contributed by atoms with Crippen LogP contribution in [-0.2, 0) is 16.4 Å². The second kappa shape index (κ2) is 5.48. The third kappa shape index (κ3) is 3.06. The lowest BCUT2D eigenvalue weighted by Crippen LogP contribution is -2.13. The van der Waals surface area contributed by atoms with Crippen LogP contribution in [0.5, 0.6) is 0 Å². The summed E-state index contributed by atoms with van der Waals surface area (Å²) < 4.78 is 27.1. The Bertz CT molecular complexity index is 734. The lowest BCUT2D eigenvalue weighted by Gasteiger charge is -2.08. The topological polar surface area (TPSA) is 102 Å². The first-order valence-corrected chi connectivity index (χ1v) is 7.48. The van der Waals surface area contributed by atoms with Gasteiger partial charge in [0, 0.05) is 5.69 Å². The molecule has 0 radical (unpaired) electrons. The van der Waals surface area contributed by atoms with Gasteiger partial charge in [-0.3, -0.25) is 4.79 Å². The van der Waals surface area contributed by atoms with E-state index in [1.807, 2.05) is 19.1 Å². The molecule has 0 spiro atoms. The number of aryl methyl sites for hydroxylation is 1. The zero-order valence-electron chi connectivity index (χ0n) is 10.8. The van der Waals surface area contributed by atoms with Gasteiger partial charge in [-0.2, -0.15) is 0 Å². The molecule has 0 saturated heterocycles. The number of benzene rings is 1. The van der Waals surface area contributed by atoms with Crippen LogP contribution < -0.4 is 10.5 Å². The van der Waals surface area contributed by atoms with E-state index in [1.54, 1.807) is 12.1 Å². The van der Waals surface area contributed by atoms with Crippen LogP contribution in [0.4, 0.5) is 5.69 Å². The minimum atomic E-state index is -3.95. The van der Waals surface area contributed by atoms with E-state index in [4.69, 9.17) is 9.56 Å². The number of hydrogen-bond donors (Lipinski definition) is 2. The summed E-state index contributed by atoms with van der Waals surface area (Å²) in [7, 11) is -3.95. The fourth-order valence-electron chi connectivity index (χ4n) is 1.73. The Morgan fingerprint density at radius 1 is 1.25 bits per heavy atom. The molecule has 2 aromatic rings. The molecule has 1 aromatic carbocycles. The number of hydrogen-bond acceptors (Lipinski definition) is 4. The second-order valence-electron chi connectivity index (χ2n) is 4.13. The van der Waals surface area contributed by atoms with Crippen molar-refractivity contribution in [1.82, 2.24) is 0 Å². The fourth-order valence-corrected chi connectivity index (χ4v) is 2.19. The number of carbonyl (C=O) groups excluding carboxylic acids is 1. The van der Waals surface area contributed by atoms with Gasteiger partial charge in [-0.05, 0) is 30.2 Å². The van der Waals surface area contributed by atoms with Crippen LogP contribution in [0.15, 0.2) is 45.9 Å². The zero-order chi connectivity index (χ0) is 14.8. The van der Waals surface area contributed by atoms with Crippen molar-refractivity contribution in [3.8, 4) is 0 Å². The molecule has 3 N–H and O–H groups in total. The Hall–Kier alpha value is -2.12. The quantitative estimate of drug-likeness (QED) is 0.896. The van der Waals surface area contributed by atoms with Crippen LogP contribution in [0.25, 0.3) is 0 Å². The highest BCUT2D eigenvalue weighted by Gasteiger charge is 2.18. The van der Waals surface area contributed by atoms with Crippen LogP contribution >= 0.6 is 0 Å². The maximum absolute atomic E-state index is 12.0. The van der Waals surface area contributed by atoms with Gasteiger partial charge < -0.3 is 9.73 Å². The first kappa shape index (κ1) is 14.3. The van der Waals surface area contributed by atoms with Gasteiger partial charge >= 0.3 is 0 Å². The third-order valence-electron chi connectivity index (χ3n) is 2.73. The number of rotatable bonds is 4. The van der Waals surface area contributed by atoms with Gasteiger partial charge in [0.1, 0.15) is 0 Å². The number of primary sulfonamides is 1. The highest BCUT2D eigenvalue weighted by Crippen LogP contribution is 2.18. The number of furan rings is 1. The van der Waals surface area contributed by atoms with E-state index >= 15 is 0 Å². The summed E-state index contributed by atoms with van der Waals surface area (Å²) >= 11 is 0. The largest absolute Gasteiger partial charge is 0.438 e. The van der Waals surface area contributed by atoms with Crippen molar-refractivity contribution in [3.05, 3.63) is 47.7 Å². The van der Waals surface area contributed by atoms with Crippen molar-refractivity contribution < 1.29 is 17.6 Å². The van der Waals surface area contributed by atoms with Crippen LogP contribution in [0.3, 0.4) is 0 Å². The fraction of sp³-hybridized carbons (Fsp3) is 0.154. The Labute approximate surface area is 116 Å². The van der Waals surface area contributed by atoms with E-state index in [0.29, 0.717) is 5.69 Å². The lowest BCUT2D eigenvalue weighted by molar-refractivity contribution is 0.0991. The monoisotopic (exact) mass is 294 g/mol. The molecule has 0 unspecified atom stereocenters. The van der Waals surface area contributed by atoms with Crippen LogP contribution in [0.1, 0.15) is 23.0 Å². The molecule has 0 bridgehead atoms. The average Bonchev–Trinajstić information content (AvgIpc) is 2.89. The molecule has 1 aromatic heterocycles. The van der Waals surface area contributed by atoms with E-state index in [0.717, 1.165) is 18.1 Å². The van der Waals surface area contributed by atoms with E-state index < -0.39 is 21.0 Å². The van der Waals surface area contributed by atoms with Crippen LogP contribution in [-0.4, -0.2) is 14.3 Å². The van der Waals surface area contributed by atoms with Gasteiger partial charge in [0.25, 0.3) is 15.9 Å². The normalized spacial score (nSPS) is 11.3. The zero-order valence-corrected chi connectivity index (χ0v) is 11.6. The molecular formula is C13H14N2O4S. The number of carbonyl (C=O) groups is 1. The van der Waals surface area contributed by atoms with Crippen molar-refractivity contribution in [1.29, 1.82) is 0 Å². The van der Waals surface area contributed by atoms with Crippen molar-refractivity contribution in [2.45, 2.75) is 18.4 Å². The highest BCUT2D eigenvalue weighted by molar-refractivity contribution is 7.89. The van der Waals surface area contributed by atoms with Gasteiger partial charge in [0.05, 0.1) is 0 Å². The molecule has 20 heavy (non-hydrogen) atoms. The lowest BCUT2D eigenvalue weighted by atomic mass is 10.1. The van der Waals surface area contributed by atoms with Crippen LogP contribution in [0, 0.1) is 0 Å². The minimum absolute atomic E-state index is 0.111. The molecular weight excluding hydrogens is 280 g/mol. The predicted molar refractivity (Wildman–Crippen MR) is 73.9 cm³/mol. The Kier molecular flexibility index (Phi) is 3.91. The maximum atomic E-state index is 12.0. The number of nitrogens with two attached hydrogens (primary N) is 1. The molecule has 0 atom stereocenters. The Balaban J connectivity index is 2.22. The summed E-state index contributed by atoms with van der Waals surface area (Å²) in [6, 6.07) is 9.75. The molecule has 0 aliphatic heterocycles. The molecule has 0 aliphatic rings. The molecule has 0 aliphatic carbocycles. The molecule has 1 amide bonds. The average molecular weight is 294 g/mol. The van der Waals surface area contributed by atoms with E-state index in [-0.39, 0.29) is 5.76 Å². The maximum Gasteiger partial charge on any atom is 0.291 e. The Morgan fingerprint density at radius 3 is 2.55 bits per heavy atom. The number of anilines is 1. The summed E-state index contributed by atoms with van der Waals surface area (Å²) in [5, 5.41) is 7.15. The first-order valence-electron chi connectivity index (χ1n) is 5.93. The summed E-state index contributed by atoms with van der Waals surface area (Å²) in [5.41, 5.74) is 1.63. The van der Waals surface area contributed by atoms with E-state index in [2.05, 4.69) is 5.32 Å². The van der Waals surface area contributed by atoms with Crippen molar-refractivity contribution in [3.63, 3.8) is 0 Å². The second-order valence-corrected chi connectivity index (χ2v) is 5.62. The van der Waals surface area contributed by atoms with Gasteiger partial charge in [-0.15, -0.1) is 0 Å². The summed E-state index contributed by atoms with van der Waals surface area (Å²) in [4.78, 5) is 12.0. The van der Waals surface area contributed by atoms with E-state index in [9.17, 15) is 13.2 Å². The van der Waals surface area contributed by atoms with Gasteiger partial charge in [0.2, 0.25) is 5.09 Å². The number of nitrogens with one attached hydrogen (secondary N) is 1.